The molecule has 3 nitrogen and oxygen atoms in total. The number of hydrogen-bond donors (Lipinski definition) is 1. The molecule has 0 aliphatic heterocycles. The maximum Gasteiger partial charge on any atom is 0.345 e. The summed E-state index contributed by atoms with van der Waals surface area (Å²) in [6.45, 7) is 4.06. The minimum Gasteiger partial charge on any atom is -0.477 e. The third-order valence-electron chi connectivity index (χ3n) is 3.62. The normalized spacial score (nSPS) is 10.7. The lowest BCUT2D eigenvalue weighted by molar-refractivity contribution is 0.0702. The number of aromatic carboxylic acids is 1. The van der Waals surface area contributed by atoms with Crippen molar-refractivity contribution in [3.8, 4) is 20.9 Å². The average molecular weight is 342 g/mol. The van der Waals surface area contributed by atoms with Crippen LogP contribution in [0.25, 0.3) is 20.9 Å². The number of benzene rings is 1. The van der Waals surface area contributed by atoms with Crippen LogP contribution >= 0.6 is 22.7 Å². The first-order chi connectivity index (χ1) is 11.0. The Morgan fingerprint density at radius 1 is 1.00 bits per heavy atom. The van der Waals surface area contributed by atoms with Gasteiger partial charge in [-0.05, 0) is 72.5 Å². The van der Waals surface area contributed by atoms with Crippen LogP contribution in [0.15, 0.2) is 36.4 Å². The molecule has 0 saturated carbocycles. The Labute approximate surface area is 141 Å². The van der Waals surface area contributed by atoms with Crippen LogP contribution in [-0.2, 0) is 0 Å². The van der Waals surface area contributed by atoms with Gasteiger partial charge in [-0.2, -0.15) is 0 Å². The van der Waals surface area contributed by atoms with Gasteiger partial charge in [0, 0.05) is 9.75 Å². The Kier molecular flexibility index (Phi) is 4.15. The molecule has 3 rings (SSSR count). The summed E-state index contributed by atoms with van der Waals surface area (Å²) in [5, 5.41) is 9.09. The summed E-state index contributed by atoms with van der Waals surface area (Å²) in [6, 6.07) is 11.5. The molecule has 0 spiro atoms. The van der Waals surface area contributed by atoms with E-state index in [9.17, 15) is 9.59 Å². The lowest BCUT2D eigenvalue weighted by atomic mass is 9.97. The highest BCUT2D eigenvalue weighted by molar-refractivity contribution is 7.17. The van der Waals surface area contributed by atoms with E-state index in [-0.39, 0.29) is 0 Å². The lowest BCUT2D eigenvalue weighted by Crippen LogP contribution is -1.90. The van der Waals surface area contributed by atoms with Gasteiger partial charge in [0.25, 0.3) is 0 Å². The topological polar surface area (TPSA) is 54.4 Å². The highest BCUT2D eigenvalue weighted by Gasteiger charge is 2.14. The van der Waals surface area contributed by atoms with E-state index >= 15 is 0 Å². The molecule has 0 saturated heterocycles. The van der Waals surface area contributed by atoms with Crippen molar-refractivity contribution >= 4 is 34.9 Å². The fourth-order valence-corrected chi connectivity index (χ4v) is 4.48. The van der Waals surface area contributed by atoms with E-state index in [0.29, 0.717) is 9.75 Å². The van der Waals surface area contributed by atoms with Crippen LogP contribution in [0.3, 0.4) is 0 Å². The van der Waals surface area contributed by atoms with Crippen LogP contribution in [0.4, 0.5) is 0 Å². The van der Waals surface area contributed by atoms with Crippen molar-refractivity contribution in [1.29, 1.82) is 0 Å². The number of carboxylic acid groups (broad SMARTS) is 1. The van der Waals surface area contributed by atoms with Crippen molar-refractivity contribution in [3.63, 3.8) is 0 Å². The number of thiophene rings is 2. The van der Waals surface area contributed by atoms with Crippen LogP contribution in [0.1, 0.15) is 30.5 Å². The van der Waals surface area contributed by atoms with Gasteiger partial charge in [0.2, 0.25) is 0 Å². The van der Waals surface area contributed by atoms with E-state index in [2.05, 4.69) is 12.1 Å². The number of aldehydes is 1. The molecule has 2 aromatic heterocycles. The molecule has 23 heavy (non-hydrogen) atoms. The number of carboxylic acids is 1. The molecule has 0 fully saturated rings. The Balaban J connectivity index is 2.06. The van der Waals surface area contributed by atoms with Gasteiger partial charge >= 0.3 is 5.97 Å². The maximum atomic E-state index is 11.1. The zero-order chi connectivity index (χ0) is 16.6. The Morgan fingerprint density at radius 3 is 2.17 bits per heavy atom. The smallest absolute Gasteiger partial charge is 0.345 e. The minimum absolute atomic E-state index is 0.344. The van der Waals surface area contributed by atoms with E-state index in [1.54, 1.807) is 6.07 Å². The predicted octanol–water partition coefficient (Wildman–Crippen LogP) is 5.27. The summed E-state index contributed by atoms with van der Waals surface area (Å²) in [7, 11) is 0. The van der Waals surface area contributed by atoms with Crippen LogP contribution in [0.5, 0.6) is 0 Å². The molecule has 3 aromatic rings. The standard InChI is InChI=1S/C18H14O3S2/c1-10-7-12(14-4-3-13(9-19)22-14)8-11(2)17(10)15-5-6-16(23-15)18(20)21/h3-9H,1-2H3,(H,20,21). The highest BCUT2D eigenvalue weighted by atomic mass is 32.1. The second kappa shape index (κ2) is 6.10. The van der Waals surface area contributed by atoms with E-state index in [4.69, 9.17) is 5.11 Å². The van der Waals surface area contributed by atoms with Gasteiger partial charge in [0.1, 0.15) is 4.88 Å². The van der Waals surface area contributed by atoms with Gasteiger partial charge in [0.15, 0.2) is 6.29 Å². The van der Waals surface area contributed by atoms with Crippen molar-refractivity contribution in [1.82, 2.24) is 0 Å². The third-order valence-corrected chi connectivity index (χ3v) is 5.77. The van der Waals surface area contributed by atoms with Crippen LogP contribution in [-0.4, -0.2) is 17.4 Å². The first-order valence-corrected chi connectivity index (χ1v) is 8.63. The summed E-state index contributed by atoms with van der Waals surface area (Å²) in [4.78, 5) is 25.0. The van der Waals surface area contributed by atoms with Gasteiger partial charge in [-0.3, -0.25) is 4.79 Å². The van der Waals surface area contributed by atoms with Gasteiger partial charge in [0.05, 0.1) is 4.88 Å². The molecule has 0 unspecified atom stereocenters. The van der Waals surface area contributed by atoms with Gasteiger partial charge in [-0.15, -0.1) is 22.7 Å². The van der Waals surface area contributed by atoms with Crippen molar-refractivity contribution in [2.45, 2.75) is 13.8 Å². The van der Waals surface area contributed by atoms with Crippen LogP contribution < -0.4 is 0 Å². The molecule has 0 radical (unpaired) electrons. The molecule has 2 heterocycles. The molecule has 0 bridgehead atoms. The summed E-state index contributed by atoms with van der Waals surface area (Å²) < 4.78 is 0. The van der Waals surface area contributed by atoms with E-state index in [1.165, 1.54) is 22.7 Å². The quantitative estimate of drug-likeness (QED) is 0.657. The van der Waals surface area contributed by atoms with Gasteiger partial charge in [-0.1, -0.05) is 0 Å². The first-order valence-electron chi connectivity index (χ1n) is 6.99. The van der Waals surface area contributed by atoms with Crippen molar-refractivity contribution in [3.05, 3.63) is 57.3 Å². The minimum atomic E-state index is -0.895. The molecular weight excluding hydrogens is 328 g/mol. The van der Waals surface area contributed by atoms with Crippen molar-refractivity contribution in [2.24, 2.45) is 0 Å². The van der Waals surface area contributed by atoms with Crippen molar-refractivity contribution in [2.75, 3.05) is 0 Å². The summed E-state index contributed by atoms with van der Waals surface area (Å²) in [6.07, 6.45) is 0.862. The van der Waals surface area contributed by atoms with E-state index < -0.39 is 5.97 Å². The predicted molar refractivity (Wildman–Crippen MR) is 94.9 cm³/mol. The molecule has 0 aliphatic rings. The fourth-order valence-electron chi connectivity index (χ4n) is 2.65. The summed E-state index contributed by atoms with van der Waals surface area (Å²) in [5.41, 5.74) is 4.36. The largest absolute Gasteiger partial charge is 0.477 e. The number of rotatable bonds is 4. The third kappa shape index (κ3) is 2.98. The molecule has 1 aromatic carbocycles. The molecule has 1 N–H and O–H groups in total. The van der Waals surface area contributed by atoms with E-state index in [1.807, 2.05) is 32.0 Å². The fraction of sp³-hybridized carbons (Fsp3) is 0.111. The number of aryl methyl sites for hydroxylation is 2. The molecule has 0 aliphatic carbocycles. The zero-order valence-corrected chi connectivity index (χ0v) is 14.3. The zero-order valence-electron chi connectivity index (χ0n) is 12.6. The number of hydrogen-bond acceptors (Lipinski definition) is 4. The second-order valence-corrected chi connectivity index (χ2v) is 7.47. The SMILES string of the molecule is Cc1cc(-c2ccc(C=O)s2)cc(C)c1-c1ccc(C(=O)O)s1. The van der Waals surface area contributed by atoms with Gasteiger partial charge < -0.3 is 5.11 Å². The van der Waals surface area contributed by atoms with E-state index in [0.717, 1.165) is 38.3 Å². The number of carbonyl (C=O) groups is 2. The molecule has 0 amide bonds. The van der Waals surface area contributed by atoms with Crippen LogP contribution in [0, 0.1) is 13.8 Å². The lowest BCUT2D eigenvalue weighted by Gasteiger charge is -2.10. The number of carbonyl (C=O) groups excluding carboxylic acids is 1. The average Bonchev–Trinajstić information content (AvgIpc) is 3.15. The molecular formula is C18H14O3S2. The van der Waals surface area contributed by atoms with Crippen LogP contribution in [0.2, 0.25) is 0 Å². The monoisotopic (exact) mass is 342 g/mol. The second-order valence-electron chi connectivity index (χ2n) is 5.27. The van der Waals surface area contributed by atoms with Gasteiger partial charge in [-0.25, -0.2) is 4.79 Å². The highest BCUT2D eigenvalue weighted by Crippen LogP contribution is 2.37. The van der Waals surface area contributed by atoms with Crippen molar-refractivity contribution < 1.29 is 14.7 Å². The Bertz CT molecular complexity index is 880. The summed E-state index contributed by atoms with van der Waals surface area (Å²) >= 11 is 2.76. The molecule has 0 atom stereocenters. The Morgan fingerprint density at radius 2 is 1.65 bits per heavy atom. The maximum absolute atomic E-state index is 11.1. The summed E-state index contributed by atoms with van der Waals surface area (Å²) in [5.74, 6) is -0.895. The molecule has 5 heteroatoms. The molecule has 116 valence electrons. The first kappa shape index (κ1) is 15.6. The Hall–Kier alpha value is -2.24.